The summed E-state index contributed by atoms with van der Waals surface area (Å²) in [6, 6.07) is 3.93. The molecule has 0 saturated carbocycles. The van der Waals surface area contributed by atoms with E-state index in [0.717, 1.165) is 35.5 Å². The Kier molecular flexibility index (Phi) is 4.56. The second-order valence-corrected chi connectivity index (χ2v) is 3.51. The van der Waals surface area contributed by atoms with Crippen LogP contribution in [0.25, 0.3) is 0 Å². The summed E-state index contributed by atoms with van der Waals surface area (Å²) in [4.78, 5) is 0. The number of benzene rings is 1. The van der Waals surface area contributed by atoms with E-state index in [9.17, 15) is 0 Å². The van der Waals surface area contributed by atoms with Crippen LogP contribution in [-0.2, 0) is 6.42 Å². The van der Waals surface area contributed by atoms with Crippen LogP contribution in [-0.4, -0.2) is 19.6 Å². The predicted octanol–water partition coefficient (Wildman–Crippen LogP) is 3.00. The lowest BCUT2D eigenvalue weighted by Gasteiger charge is -2.12. The van der Waals surface area contributed by atoms with Crippen LogP contribution in [0.5, 0.6) is 11.5 Å². The average Bonchev–Trinajstić information content (AvgIpc) is 2.28. The molecule has 82 valence electrons. The van der Waals surface area contributed by atoms with Crippen molar-refractivity contribution < 1.29 is 9.47 Å². The molecule has 2 nitrogen and oxygen atoms in total. The molecule has 0 aliphatic heterocycles. The third-order valence-corrected chi connectivity index (χ3v) is 2.53. The molecule has 0 aliphatic rings. The Balaban J connectivity index is 3.20. The Morgan fingerprint density at radius 1 is 1.20 bits per heavy atom. The third-order valence-electron chi connectivity index (χ3n) is 2.28. The number of rotatable bonds is 5. The maximum Gasteiger partial charge on any atom is 0.127 e. The number of hydrogen-bond acceptors (Lipinski definition) is 3. The molecule has 0 radical (unpaired) electrons. The Labute approximate surface area is 96.2 Å². The molecule has 15 heavy (non-hydrogen) atoms. The van der Waals surface area contributed by atoms with Crippen LogP contribution >= 0.6 is 12.2 Å². The molecular weight excluding hydrogens is 208 g/mol. The molecule has 0 heterocycles. The van der Waals surface area contributed by atoms with E-state index in [4.69, 9.17) is 21.7 Å². The van der Waals surface area contributed by atoms with Gasteiger partial charge in [-0.1, -0.05) is 25.6 Å². The Hall–Kier alpha value is -1.09. The van der Waals surface area contributed by atoms with Crippen molar-refractivity contribution >= 4 is 17.6 Å². The van der Waals surface area contributed by atoms with Gasteiger partial charge < -0.3 is 9.47 Å². The molecular formula is C12H16O2S. The van der Waals surface area contributed by atoms with Crippen molar-refractivity contribution in [1.29, 1.82) is 0 Å². The van der Waals surface area contributed by atoms with Crippen LogP contribution in [0.3, 0.4) is 0 Å². The van der Waals surface area contributed by atoms with Gasteiger partial charge in [0.05, 0.1) is 14.2 Å². The van der Waals surface area contributed by atoms with Gasteiger partial charge in [-0.25, -0.2) is 0 Å². The number of ether oxygens (including phenoxy) is 2. The molecule has 0 atom stereocenters. The van der Waals surface area contributed by atoms with E-state index in [1.165, 1.54) is 0 Å². The first kappa shape index (κ1) is 12.0. The van der Waals surface area contributed by atoms with Crippen LogP contribution in [0.1, 0.15) is 24.5 Å². The standard InChI is InChI=1S/C12H16O2S/c1-4-5-9-6-12(14-3)10(8-15)7-11(9)13-2/h6-8H,4-5H2,1-3H3. The minimum atomic E-state index is 0.814. The largest absolute Gasteiger partial charge is 0.496 e. The predicted molar refractivity (Wildman–Crippen MR) is 66.3 cm³/mol. The van der Waals surface area contributed by atoms with Gasteiger partial charge in [-0.2, -0.15) is 0 Å². The van der Waals surface area contributed by atoms with Crippen molar-refractivity contribution in [3.05, 3.63) is 23.3 Å². The van der Waals surface area contributed by atoms with Crippen molar-refractivity contribution in [2.24, 2.45) is 0 Å². The highest BCUT2D eigenvalue weighted by Gasteiger charge is 2.08. The van der Waals surface area contributed by atoms with Crippen LogP contribution in [0.2, 0.25) is 0 Å². The summed E-state index contributed by atoms with van der Waals surface area (Å²) in [6.45, 7) is 2.14. The topological polar surface area (TPSA) is 18.5 Å². The van der Waals surface area contributed by atoms with Gasteiger partial charge in [0.25, 0.3) is 0 Å². The maximum atomic E-state index is 5.32. The molecule has 0 aromatic heterocycles. The SMILES string of the molecule is CCCc1cc(OC)c(C=S)cc1OC. The minimum Gasteiger partial charge on any atom is -0.496 e. The second kappa shape index (κ2) is 5.71. The molecule has 0 spiro atoms. The number of hydrogen-bond donors (Lipinski definition) is 0. The van der Waals surface area contributed by atoms with Crippen molar-refractivity contribution in [1.82, 2.24) is 0 Å². The van der Waals surface area contributed by atoms with Gasteiger partial charge in [-0.15, -0.1) is 0 Å². The molecule has 0 aliphatic carbocycles. The molecule has 1 aromatic carbocycles. The molecule has 1 rings (SSSR count). The molecule has 0 bridgehead atoms. The average molecular weight is 224 g/mol. The lowest BCUT2D eigenvalue weighted by Crippen LogP contribution is -1.97. The second-order valence-electron chi connectivity index (χ2n) is 3.27. The number of aryl methyl sites for hydroxylation is 1. The molecule has 0 amide bonds. The molecule has 0 saturated heterocycles. The fourth-order valence-electron chi connectivity index (χ4n) is 1.54. The lowest BCUT2D eigenvalue weighted by atomic mass is 10.1. The zero-order chi connectivity index (χ0) is 11.3. The lowest BCUT2D eigenvalue weighted by molar-refractivity contribution is 0.398. The van der Waals surface area contributed by atoms with Crippen molar-refractivity contribution in [2.45, 2.75) is 19.8 Å². The summed E-state index contributed by atoms with van der Waals surface area (Å²) < 4.78 is 10.6. The summed E-state index contributed by atoms with van der Waals surface area (Å²) in [7, 11) is 3.33. The van der Waals surface area contributed by atoms with E-state index in [1.807, 2.05) is 12.1 Å². The highest BCUT2D eigenvalue weighted by atomic mass is 32.1. The van der Waals surface area contributed by atoms with Gasteiger partial charge in [0.15, 0.2) is 0 Å². The molecule has 0 unspecified atom stereocenters. The highest BCUT2D eigenvalue weighted by Crippen LogP contribution is 2.28. The first-order valence-corrected chi connectivity index (χ1v) is 5.44. The summed E-state index contributed by atoms with van der Waals surface area (Å²) in [6.07, 6.45) is 2.06. The first-order chi connectivity index (χ1) is 7.26. The fourth-order valence-corrected chi connectivity index (χ4v) is 1.73. The van der Waals surface area contributed by atoms with Crippen molar-refractivity contribution in [2.75, 3.05) is 14.2 Å². The Morgan fingerprint density at radius 3 is 2.33 bits per heavy atom. The zero-order valence-electron chi connectivity index (χ0n) is 9.37. The molecule has 1 aromatic rings. The maximum absolute atomic E-state index is 5.32. The van der Waals surface area contributed by atoms with Crippen LogP contribution in [0.4, 0.5) is 0 Å². The molecule has 3 heteroatoms. The fraction of sp³-hybridized carbons (Fsp3) is 0.417. The van der Waals surface area contributed by atoms with Crippen molar-refractivity contribution in [3.8, 4) is 11.5 Å². The Morgan fingerprint density at radius 2 is 1.87 bits per heavy atom. The van der Waals surface area contributed by atoms with E-state index in [2.05, 4.69) is 6.92 Å². The monoisotopic (exact) mass is 224 g/mol. The van der Waals surface area contributed by atoms with E-state index < -0.39 is 0 Å². The highest BCUT2D eigenvalue weighted by molar-refractivity contribution is 7.79. The van der Waals surface area contributed by atoms with Gasteiger partial charge >= 0.3 is 0 Å². The van der Waals surface area contributed by atoms with Gasteiger partial charge in [0.2, 0.25) is 0 Å². The zero-order valence-corrected chi connectivity index (χ0v) is 10.2. The van der Waals surface area contributed by atoms with Crippen LogP contribution < -0.4 is 9.47 Å². The number of thiocarbonyl (C=S) groups is 1. The van der Waals surface area contributed by atoms with Gasteiger partial charge in [-0.3, -0.25) is 0 Å². The summed E-state index contributed by atoms with van der Waals surface area (Å²) >= 11 is 4.93. The van der Waals surface area contributed by atoms with E-state index in [0.29, 0.717) is 0 Å². The van der Waals surface area contributed by atoms with Gasteiger partial charge in [-0.05, 0) is 24.1 Å². The van der Waals surface area contributed by atoms with E-state index in [-0.39, 0.29) is 0 Å². The molecule has 0 N–H and O–H groups in total. The minimum absolute atomic E-state index is 0.814. The van der Waals surface area contributed by atoms with Crippen LogP contribution in [0.15, 0.2) is 12.1 Å². The summed E-state index contributed by atoms with van der Waals surface area (Å²) in [5.41, 5.74) is 2.06. The van der Waals surface area contributed by atoms with Crippen LogP contribution in [0, 0.1) is 0 Å². The van der Waals surface area contributed by atoms with Crippen molar-refractivity contribution in [3.63, 3.8) is 0 Å². The van der Waals surface area contributed by atoms with Gasteiger partial charge in [0, 0.05) is 10.9 Å². The van der Waals surface area contributed by atoms with E-state index >= 15 is 0 Å². The first-order valence-electron chi connectivity index (χ1n) is 4.96. The number of methoxy groups -OCH3 is 2. The normalized spacial score (nSPS) is 9.80. The summed E-state index contributed by atoms with van der Waals surface area (Å²) in [5, 5.41) is 1.61. The van der Waals surface area contributed by atoms with E-state index in [1.54, 1.807) is 19.6 Å². The molecule has 0 fully saturated rings. The Bertz CT molecular complexity index is 348. The van der Waals surface area contributed by atoms with Gasteiger partial charge in [0.1, 0.15) is 11.5 Å². The quantitative estimate of drug-likeness (QED) is 0.716. The third kappa shape index (κ3) is 2.69. The smallest absolute Gasteiger partial charge is 0.127 e. The summed E-state index contributed by atoms with van der Waals surface area (Å²) in [5.74, 6) is 1.70.